The minimum atomic E-state index is 0.158. The molecule has 0 radical (unpaired) electrons. The summed E-state index contributed by atoms with van der Waals surface area (Å²) in [7, 11) is 0. The van der Waals surface area contributed by atoms with Gasteiger partial charge < -0.3 is 4.57 Å². The summed E-state index contributed by atoms with van der Waals surface area (Å²) in [5, 5.41) is 9.31. The zero-order valence-corrected chi connectivity index (χ0v) is 14.0. The van der Waals surface area contributed by atoms with Gasteiger partial charge in [-0.15, -0.1) is 10.2 Å². The molecule has 0 bridgehead atoms. The van der Waals surface area contributed by atoms with Crippen molar-refractivity contribution in [1.82, 2.24) is 14.8 Å². The van der Waals surface area contributed by atoms with E-state index >= 15 is 0 Å². The van der Waals surface area contributed by atoms with Crippen LogP contribution in [0, 0.1) is 6.92 Å². The Hall–Kier alpha value is -2.42. The van der Waals surface area contributed by atoms with E-state index in [4.69, 9.17) is 0 Å². The zero-order valence-electron chi connectivity index (χ0n) is 14.0. The van der Waals surface area contributed by atoms with Crippen molar-refractivity contribution < 1.29 is 0 Å². The zero-order chi connectivity index (χ0) is 16.1. The molecule has 120 valence electrons. The van der Waals surface area contributed by atoms with Crippen LogP contribution in [0.5, 0.6) is 0 Å². The van der Waals surface area contributed by atoms with Gasteiger partial charge in [0, 0.05) is 11.1 Å². The van der Waals surface area contributed by atoms with Crippen molar-refractivity contribution in [1.29, 1.82) is 0 Å². The number of hydrogen-bond donors (Lipinski definition) is 0. The number of aromatic nitrogens is 3. The fourth-order valence-corrected chi connectivity index (χ4v) is 4.67. The molecule has 3 nitrogen and oxygen atoms in total. The molecule has 0 unspecified atom stereocenters. The lowest BCUT2D eigenvalue weighted by Gasteiger charge is -2.38. The van der Waals surface area contributed by atoms with Crippen LogP contribution in [0.15, 0.2) is 48.5 Å². The Morgan fingerprint density at radius 2 is 1.46 bits per heavy atom. The second-order valence-electron chi connectivity index (χ2n) is 7.26. The third-order valence-corrected chi connectivity index (χ3v) is 5.84. The van der Waals surface area contributed by atoms with Crippen molar-refractivity contribution in [2.24, 2.45) is 0 Å². The van der Waals surface area contributed by atoms with Crippen LogP contribution in [-0.4, -0.2) is 14.8 Å². The molecule has 1 aromatic heterocycles. The number of aryl methyl sites for hydroxylation is 1. The van der Waals surface area contributed by atoms with Gasteiger partial charge in [-0.05, 0) is 37.3 Å². The fraction of sp³-hybridized carbons (Fsp3) is 0.333. The number of rotatable bonds is 1. The lowest BCUT2D eigenvalue weighted by atomic mass is 9.82. The SMILES string of the molecule is Cc1ccccc1-c1nnc2n1C1(CCCC1)Cc1ccccc1-2. The van der Waals surface area contributed by atoms with Crippen LogP contribution in [0.4, 0.5) is 0 Å². The van der Waals surface area contributed by atoms with Crippen molar-refractivity contribution in [2.75, 3.05) is 0 Å². The first-order chi connectivity index (χ1) is 11.8. The Bertz CT molecular complexity index is 916. The molecular weight excluding hydrogens is 294 g/mol. The highest BCUT2D eigenvalue weighted by atomic mass is 15.3. The third kappa shape index (κ3) is 1.84. The van der Waals surface area contributed by atoms with E-state index in [0.717, 1.165) is 18.1 Å². The van der Waals surface area contributed by atoms with Crippen LogP contribution < -0.4 is 0 Å². The summed E-state index contributed by atoms with van der Waals surface area (Å²) in [5.41, 5.74) is 5.31. The highest BCUT2D eigenvalue weighted by Crippen LogP contribution is 2.48. The van der Waals surface area contributed by atoms with Crippen molar-refractivity contribution in [2.45, 2.75) is 44.6 Å². The molecule has 0 saturated heterocycles. The molecule has 1 fully saturated rings. The second kappa shape index (κ2) is 5.04. The molecule has 1 aliphatic heterocycles. The highest BCUT2D eigenvalue weighted by Gasteiger charge is 2.43. The Morgan fingerprint density at radius 1 is 0.833 bits per heavy atom. The number of hydrogen-bond acceptors (Lipinski definition) is 2. The maximum Gasteiger partial charge on any atom is 0.165 e. The smallest absolute Gasteiger partial charge is 0.165 e. The molecular formula is C21H21N3. The number of fused-ring (bicyclic) bond motifs is 4. The molecule has 2 heterocycles. The molecule has 0 amide bonds. The molecule has 2 aromatic carbocycles. The van der Waals surface area contributed by atoms with Crippen molar-refractivity contribution in [3.05, 3.63) is 59.7 Å². The van der Waals surface area contributed by atoms with Gasteiger partial charge in [0.2, 0.25) is 0 Å². The van der Waals surface area contributed by atoms with Gasteiger partial charge in [-0.25, -0.2) is 0 Å². The quantitative estimate of drug-likeness (QED) is 0.649. The van der Waals surface area contributed by atoms with Crippen LogP contribution in [0.2, 0.25) is 0 Å². The Balaban J connectivity index is 1.81. The molecule has 2 aliphatic rings. The summed E-state index contributed by atoms with van der Waals surface area (Å²) in [4.78, 5) is 0. The van der Waals surface area contributed by atoms with E-state index in [1.165, 1.54) is 47.9 Å². The molecule has 1 aliphatic carbocycles. The predicted molar refractivity (Wildman–Crippen MR) is 95.8 cm³/mol. The topological polar surface area (TPSA) is 30.7 Å². The summed E-state index contributed by atoms with van der Waals surface area (Å²) >= 11 is 0. The van der Waals surface area contributed by atoms with Crippen LogP contribution in [0.1, 0.15) is 36.8 Å². The van der Waals surface area contributed by atoms with Gasteiger partial charge >= 0.3 is 0 Å². The molecule has 3 aromatic rings. The van der Waals surface area contributed by atoms with Crippen LogP contribution in [-0.2, 0) is 12.0 Å². The van der Waals surface area contributed by atoms with E-state index in [-0.39, 0.29) is 5.54 Å². The van der Waals surface area contributed by atoms with E-state index in [1.54, 1.807) is 0 Å². The molecule has 5 rings (SSSR count). The normalized spacial score (nSPS) is 17.7. The first-order valence-electron chi connectivity index (χ1n) is 8.89. The lowest BCUT2D eigenvalue weighted by molar-refractivity contribution is 0.289. The van der Waals surface area contributed by atoms with Gasteiger partial charge in [-0.3, -0.25) is 0 Å². The van der Waals surface area contributed by atoms with Gasteiger partial charge in [0.1, 0.15) is 0 Å². The van der Waals surface area contributed by atoms with Crippen molar-refractivity contribution >= 4 is 0 Å². The molecule has 24 heavy (non-hydrogen) atoms. The average Bonchev–Trinajstić information content (AvgIpc) is 3.24. The molecule has 0 N–H and O–H groups in total. The maximum atomic E-state index is 4.66. The minimum absolute atomic E-state index is 0.158. The molecule has 0 atom stereocenters. The molecule has 3 heteroatoms. The maximum absolute atomic E-state index is 4.66. The van der Waals surface area contributed by atoms with Gasteiger partial charge in [0.15, 0.2) is 11.6 Å². The number of benzene rings is 2. The van der Waals surface area contributed by atoms with Crippen LogP contribution in [0.3, 0.4) is 0 Å². The van der Waals surface area contributed by atoms with Crippen LogP contribution in [0.25, 0.3) is 22.8 Å². The van der Waals surface area contributed by atoms with Gasteiger partial charge in [-0.1, -0.05) is 61.4 Å². The van der Waals surface area contributed by atoms with Crippen LogP contribution >= 0.6 is 0 Å². The number of nitrogens with zero attached hydrogens (tertiary/aromatic N) is 3. The van der Waals surface area contributed by atoms with E-state index < -0.39 is 0 Å². The predicted octanol–water partition coefficient (Wildman–Crippen LogP) is 4.75. The van der Waals surface area contributed by atoms with E-state index in [1.807, 2.05) is 0 Å². The Labute approximate surface area is 142 Å². The van der Waals surface area contributed by atoms with Crippen molar-refractivity contribution in [3.63, 3.8) is 0 Å². The van der Waals surface area contributed by atoms with Crippen molar-refractivity contribution in [3.8, 4) is 22.8 Å². The minimum Gasteiger partial charge on any atom is -0.300 e. The molecule has 1 spiro atoms. The summed E-state index contributed by atoms with van der Waals surface area (Å²) in [6.45, 7) is 2.16. The van der Waals surface area contributed by atoms with Gasteiger partial charge in [0.25, 0.3) is 0 Å². The monoisotopic (exact) mass is 315 g/mol. The summed E-state index contributed by atoms with van der Waals surface area (Å²) in [5.74, 6) is 2.09. The summed E-state index contributed by atoms with van der Waals surface area (Å²) in [6.07, 6.45) is 6.16. The third-order valence-electron chi connectivity index (χ3n) is 5.84. The first-order valence-corrected chi connectivity index (χ1v) is 8.89. The van der Waals surface area contributed by atoms with Gasteiger partial charge in [0.05, 0.1) is 5.54 Å². The molecule has 1 saturated carbocycles. The first kappa shape index (κ1) is 14.0. The van der Waals surface area contributed by atoms with E-state index in [9.17, 15) is 0 Å². The van der Waals surface area contributed by atoms with Gasteiger partial charge in [-0.2, -0.15) is 0 Å². The highest BCUT2D eigenvalue weighted by molar-refractivity contribution is 5.69. The fourth-order valence-electron chi connectivity index (χ4n) is 4.67. The summed E-state index contributed by atoms with van der Waals surface area (Å²) in [6, 6.07) is 17.2. The average molecular weight is 315 g/mol. The largest absolute Gasteiger partial charge is 0.300 e. The Morgan fingerprint density at radius 3 is 2.21 bits per heavy atom. The second-order valence-corrected chi connectivity index (χ2v) is 7.26. The van der Waals surface area contributed by atoms with E-state index in [0.29, 0.717) is 0 Å². The lowest BCUT2D eigenvalue weighted by Crippen LogP contribution is -2.37. The standard InChI is InChI=1S/C21H21N3/c1-15-8-2-4-10-17(15)19-22-23-20-18-11-5-3-9-16(18)14-21(24(19)20)12-6-7-13-21/h2-5,8-11H,6-7,12-14H2,1H3. The van der Waals surface area contributed by atoms with E-state index in [2.05, 4.69) is 70.2 Å². The Kier molecular flexibility index (Phi) is 2.93. The summed E-state index contributed by atoms with van der Waals surface area (Å²) < 4.78 is 2.48.